The van der Waals surface area contributed by atoms with Crippen LogP contribution in [0.4, 0.5) is 0 Å². The van der Waals surface area contributed by atoms with Crippen molar-refractivity contribution in [3.05, 3.63) is 181 Å². The van der Waals surface area contributed by atoms with Crippen molar-refractivity contribution < 1.29 is 0 Å². The molecule has 0 bridgehead atoms. The zero-order chi connectivity index (χ0) is 34.6. The molecule has 0 fully saturated rings. The molecule has 0 amide bonds. The van der Waals surface area contributed by atoms with Crippen molar-refractivity contribution in [2.45, 2.75) is 6.42 Å². The molecule has 1 aliphatic carbocycles. The third-order valence-electron chi connectivity index (χ3n) is 11.3. The molecule has 12 rings (SSSR count). The van der Waals surface area contributed by atoms with Gasteiger partial charge in [-0.2, -0.15) is 0 Å². The average Bonchev–Trinajstić information content (AvgIpc) is 3.89. The molecule has 246 valence electrons. The first-order chi connectivity index (χ1) is 26.3. The van der Waals surface area contributed by atoms with E-state index in [1.807, 2.05) is 0 Å². The molecule has 4 heteroatoms. The summed E-state index contributed by atoms with van der Waals surface area (Å²) in [7, 11) is 0. The van der Waals surface area contributed by atoms with Gasteiger partial charge in [0.1, 0.15) is 0 Å². The van der Waals surface area contributed by atoms with Crippen molar-refractivity contribution in [3.63, 3.8) is 0 Å². The summed E-state index contributed by atoms with van der Waals surface area (Å²) in [6.45, 7) is 0. The fourth-order valence-electron chi connectivity index (χ4n) is 9.10. The van der Waals surface area contributed by atoms with E-state index in [0.717, 1.165) is 45.3 Å². The Kier molecular flexibility index (Phi) is 5.80. The first kappa shape index (κ1) is 28.6. The molecule has 0 atom stereocenters. The van der Waals surface area contributed by atoms with Crippen LogP contribution < -0.4 is 0 Å². The van der Waals surface area contributed by atoms with E-state index in [0.29, 0.717) is 5.95 Å². The lowest BCUT2D eigenvalue weighted by molar-refractivity contribution is 1.02. The molecule has 0 aliphatic heterocycles. The van der Waals surface area contributed by atoms with Crippen LogP contribution in [0.1, 0.15) is 11.1 Å². The third-order valence-corrected chi connectivity index (χ3v) is 11.3. The molecular weight excluding hydrogens is 645 g/mol. The van der Waals surface area contributed by atoms with Crippen molar-refractivity contribution in [2.24, 2.45) is 0 Å². The van der Waals surface area contributed by atoms with Crippen LogP contribution in [0, 0.1) is 0 Å². The molecule has 0 spiro atoms. The first-order valence-corrected chi connectivity index (χ1v) is 18.2. The Morgan fingerprint density at radius 1 is 0.415 bits per heavy atom. The van der Waals surface area contributed by atoms with Gasteiger partial charge in [-0.25, -0.2) is 9.97 Å². The van der Waals surface area contributed by atoms with Crippen molar-refractivity contribution in [1.82, 2.24) is 19.1 Å². The van der Waals surface area contributed by atoms with Gasteiger partial charge in [-0.1, -0.05) is 133 Å². The summed E-state index contributed by atoms with van der Waals surface area (Å²) in [4.78, 5) is 10.9. The quantitative estimate of drug-likeness (QED) is 0.187. The lowest BCUT2D eigenvalue weighted by Gasteiger charge is -2.14. The summed E-state index contributed by atoms with van der Waals surface area (Å²) < 4.78 is 4.76. The predicted molar refractivity (Wildman–Crippen MR) is 219 cm³/mol. The van der Waals surface area contributed by atoms with Crippen LogP contribution in [0.15, 0.2) is 170 Å². The number of hydrogen-bond acceptors (Lipinski definition) is 2. The van der Waals surface area contributed by atoms with E-state index in [2.05, 4.69) is 179 Å². The summed E-state index contributed by atoms with van der Waals surface area (Å²) in [5, 5.41) is 8.27. The van der Waals surface area contributed by atoms with Crippen LogP contribution in [0.2, 0.25) is 0 Å². The molecule has 0 unspecified atom stereocenters. The highest BCUT2D eigenvalue weighted by Gasteiger charge is 2.26. The summed E-state index contributed by atoms with van der Waals surface area (Å²) in [6, 6.07) is 61.2. The monoisotopic (exact) mass is 674 g/mol. The number of para-hydroxylation sites is 4. The number of rotatable bonds is 3. The number of benzene rings is 8. The number of hydrogen-bond donors (Lipinski definition) is 0. The maximum absolute atomic E-state index is 5.54. The lowest BCUT2D eigenvalue weighted by Crippen LogP contribution is -2.04. The van der Waals surface area contributed by atoms with Gasteiger partial charge in [0, 0.05) is 49.0 Å². The number of nitrogens with zero attached hydrogens (tertiary/aromatic N) is 4. The van der Waals surface area contributed by atoms with E-state index in [1.165, 1.54) is 65.6 Å². The molecule has 11 aromatic rings. The zero-order valence-electron chi connectivity index (χ0n) is 28.7. The predicted octanol–water partition coefficient (Wildman–Crippen LogP) is 12.2. The SMILES string of the molecule is c1ccc(-n2c3ccccc3c3c4c5ccccc5n(-c5nc(-c6ccc7c(c6)-c6ccccc6C7)c6ccccc6n5)c4c4ccccc4c32)cc1. The third kappa shape index (κ3) is 3.95. The lowest BCUT2D eigenvalue weighted by atomic mass is 9.99. The van der Waals surface area contributed by atoms with Gasteiger partial charge in [-0.3, -0.25) is 4.57 Å². The normalized spacial score (nSPS) is 12.5. The Bertz CT molecular complexity index is 3310. The van der Waals surface area contributed by atoms with E-state index >= 15 is 0 Å². The Hall–Kier alpha value is -7.04. The van der Waals surface area contributed by atoms with Gasteiger partial charge in [-0.05, 0) is 65.1 Å². The maximum Gasteiger partial charge on any atom is 0.235 e. The number of aromatic nitrogens is 4. The highest BCUT2D eigenvalue weighted by Crippen LogP contribution is 2.47. The van der Waals surface area contributed by atoms with Crippen LogP contribution in [-0.2, 0) is 6.42 Å². The Morgan fingerprint density at radius 2 is 0.981 bits per heavy atom. The summed E-state index contributed by atoms with van der Waals surface area (Å²) in [5.74, 6) is 0.669. The second-order valence-corrected chi connectivity index (χ2v) is 14.1. The molecule has 0 saturated heterocycles. The number of fused-ring (bicyclic) bond motifs is 14. The minimum Gasteiger partial charge on any atom is -0.309 e. The molecule has 3 heterocycles. The van der Waals surface area contributed by atoms with Crippen LogP contribution >= 0.6 is 0 Å². The minimum atomic E-state index is 0.669. The molecule has 0 N–H and O–H groups in total. The first-order valence-electron chi connectivity index (χ1n) is 18.2. The molecule has 0 radical (unpaired) electrons. The fourth-order valence-corrected chi connectivity index (χ4v) is 9.10. The molecule has 4 nitrogen and oxygen atoms in total. The van der Waals surface area contributed by atoms with Crippen LogP contribution in [0.25, 0.3) is 99.3 Å². The van der Waals surface area contributed by atoms with E-state index in [1.54, 1.807) is 0 Å². The fraction of sp³-hybridized carbons (Fsp3) is 0.0204. The van der Waals surface area contributed by atoms with E-state index in [9.17, 15) is 0 Å². The molecule has 0 saturated carbocycles. The van der Waals surface area contributed by atoms with Crippen LogP contribution in [-0.4, -0.2) is 19.1 Å². The standard InChI is InChI=1S/C49H30N4/c1-2-15-33(16-3-1)52-42-24-12-9-21-38(42)44-45-39-22-10-13-25-43(39)53(48(45)36-19-7-6-18-35(36)47(44)52)49-50-41-23-11-8-20-37(41)46(51-49)32-27-26-31-28-30-14-4-5-17-34(30)40(31)29-32/h1-27,29H,28H2. The van der Waals surface area contributed by atoms with E-state index in [-0.39, 0.29) is 0 Å². The molecule has 1 aliphatic rings. The Morgan fingerprint density at radius 3 is 1.74 bits per heavy atom. The average molecular weight is 675 g/mol. The largest absolute Gasteiger partial charge is 0.309 e. The van der Waals surface area contributed by atoms with Gasteiger partial charge in [-0.15, -0.1) is 0 Å². The van der Waals surface area contributed by atoms with Crippen LogP contribution in [0.3, 0.4) is 0 Å². The van der Waals surface area contributed by atoms with Gasteiger partial charge < -0.3 is 4.57 Å². The Balaban J connectivity index is 1.23. The molecular formula is C49H30N4. The highest BCUT2D eigenvalue weighted by molar-refractivity contribution is 6.37. The minimum absolute atomic E-state index is 0.669. The van der Waals surface area contributed by atoms with Gasteiger partial charge in [0.05, 0.1) is 33.3 Å². The summed E-state index contributed by atoms with van der Waals surface area (Å²) in [5.41, 5.74) is 14.1. The second kappa shape index (κ2) is 10.7. The summed E-state index contributed by atoms with van der Waals surface area (Å²) >= 11 is 0. The zero-order valence-corrected chi connectivity index (χ0v) is 28.7. The van der Waals surface area contributed by atoms with Crippen molar-refractivity contribution in [3.8, 4) is 34.0 Å². The summed E-state index contributed by atoms with van der Waals surface area (Å²) in [6.07, 6.45) is 0.963. The van der Waals surface area contributed by atoms with Crippen molar-refractivity contribution in [2.75, 3.05) is 0 Å². The van der Waals surface area contributed by atoms with Crippen molar-refractivity contribution in [1.29, 1.82) is 0 Å². The van der Waals surface area contributed by atoms with Crippen LogP contribution in [0.5, 0.6) is 0 Å². The van der Waals surface area contributed by atoms with Gasteiger partial charge >= 0.3 is 0 Å². The molecule has 3 aromatic heterocycles. The van der Waals surface area contributed by atoms with E-state index < -0.39 is 0 Å². The smallest absolute Gasteiger partial charge is 0.235 e. The Labute approximate surface area is 304 Å². The van der Waals surface area contributed by atoms with Gasteiger partial charge in [0.2, 0.25) is 5.95 Å². The molecule has 8 aromatic carbocycles. The topological polar surface area (TPSA) is 35.6 Å². The highest BCUT2D eigenvalue weighted by atomic mass is 15.2. The van der Waals surface area contributed by atoms with Gasteiger partial charge in [0.15, 0.2) is 0 Å². The molecule has 53 heavy (non-hydrogen) atoms. The van der Waals surface area contributed by atoms with E-state index in [4.69, 9.17) is 9.97 Å². The maximum atomic E-state index is 5.54. The second-order valence-electron chi connectivity index (χ2n) is 14.1. The van der Waals surface area contributed by atoms with Crippen molar-refractivity contribution >= 4 is 65.3 Å². The van der Waals surface area contributed by atoms with Gasteiger partial charge in [0.25, 0.3) is 0 Å².